The Morgan fingerprint density at radius 2 is 2.11 bits per heavy atom. The summed E-state index contributed by atoms with van der Waals surface area (Å²) >= 11 is 1.26. The van der Waals surface area contributed by atoms with Gasteiger partial charge in [-0.3, -0.25) is 4.79 Å². The van der Waals surface area contributed by atoms with E-state index in [1.54, 1.807) is 48.7 Å². The quantitative estimate of drug-likeness (QED) is 0.383. The number of nitrogens with zero attached hydrogens (tertiary/aromatic N) is 3. The van der Waals surface area contributed by atoms with E-state index in [9.17, 15) is 10.1 Å². The van der Waals surface area contributed by atoms with Gasteiger partial charge in [0.05, 0.1) is 12.8 Å². The highest BCUT2D eigenvalue weighted by Gasteiger charge is 2.13. The number of ether oxygens (including phenoxy) is 1. The summed E-state index contributed by atoms with van der Waals surface area (Å²) in [5.41, 5.74) is 1.23. The molecule has 1 N–H and O–H groups in total. The van der Waals surface area contributed by atoms with Crippen molar-refractivity contribution < 1.29 is 13.9 Å². The summed E-state index contributed by atoms with van der Waals surface area (Å²) < 4.78 is 10.9. The van der Waals surface area contributed by atoms with Gasteiger partial charge in [0, 0.05) is 18.0 Å². The van der Waals surface area contributed by atoms with Crippen molar-refractivity contribution in [2.45, 2.75) is 17.2 Å². The molecule has 0 spiro atoms. The molecule has 0 unspecified atom stereocenters. The zero-order valence-electron chi connectivity index (χ0n) is 15.2. The van der Waals surface area contributed by atoms with Crippen LogP contribution in [0.4, 0.5) is 5.69 Å². The van der Waals surface area contributed by atoms with Crippen LogP contribution in [0.25, 0.3) is 6.08 Å². The fourth-order valence-corrected chi connectivity index (χ4v) is 3.02. The van der Waals surface area contributed by atoms with Crippen molar-refractivity contribution in [3.8, 4) is 11.8 Å². The second kappa shape index (κ2) is 8.88. The number of nitrogens with one attached hydrogen (secondary N) is 1. The van der Waals surface area contributed by atoms with Crippen LogP contribution in [0, 0.1) is 18.3 Å². The van der Waals surface area contributed by atoms with E-state index >= 15 is 0 Å². The average Bonchev–Trinajstić information content (AvgIpc) is 3.13. The second-order valence-corrected chi connectivity index (χ2v) is 6.54. The number of hydrogen-bond acceptors (Lipinski definition) is 7. The smallest absolute Gasteiger partial charge is 0.266 e. The van der Waals surface area contributed by atoms with Crippen LogP contribution in [-0.2, 0) is 4.79 Å². The Bertz CT molecular complexity index is 1070. The van der Waals surface area contributed by atoms with Crippen LogP contribution in [0.3, 0.4) is 0 Å². The third-order valence-electron chi connectivity index (χ3n) is 3.57. The zero-order chi connectivity index (χ0) is 19.9. The van der Waals surface area contributed by atoms with Crippen LogP contribution in [-0.4, -0.2) is 23.0 Å². The molecule has 1 aromatic carbocycles. The summed E-state index contributed by atoms with van der Waals surface area (Å²) in [5, 5.41) is 13.1. The first-order chi connectivity index (χ1) is 13.6. The third kappa shape index (κ3) is 4.78. The van der Waals surface area contributed by atoms with Crippen molar-refractivity contribution in [3.05, 3.63) is 65.7 Å². The molecule has 0 fully saturated rings. The van der Waals surface area contributed by atoms with E-state index in [2.05, 4.69) is 15.3 Å². The van der Waals surface area contributed by atoms with Gasteiger partial charge in [-0.1, -0.05) is 12.1 Å². The van der Waals surface area contributed by atoms with Crippen molar-refractivity contribution in [1.29, 1.82) is 5.26 Å². The average molecular weight is 392 g/mol. The van der Waals surface area contributed by atoms with Gasteiger partial charge in [-0.05, 0) is 49.0 Å². The van der Waals surface area contributed by atoms with Gasteiger partial charge in [0.25, 0.3) is 5.91 Å². The number of methoxy groups -OCH3 is 1. The van der Waals surface area contributed by atoms with Crippen molar-refractivity contribution in [2.24, 2.45) is 0 Å². The fraction of sp³-hybridized carbons (Fsp3) is 0.100. The lowest BCUT2D eigenvalue weighted by atomic mass is 10.2. The van der Waals surface area contributed by atoms with Crippen LogP contribution in [0.15, 0.2) is 68.9 Å². The minimum atomic E-state index is -0.556. The number of furan rings is 1. The topological polar surface area (TPSA) is 101 Å². The molecule has 0 bridgehead atoms. The first-order valence-electron chi connectivity index (χ1n) is 8.22. The molecule has 0 saturated carbocycles. The molecule has 0 saturated heterocycles. The van der Waals surface area contributed by atoms with Gasteiger partial charge < -0.3 is 14.5 Å². The standard InChI is InChI=1S/C20H16N4O3S/c1-13-9-10-22-20(23-13)28-18-8-7-15(27-18)11-14(12-21)19(25)24-16-5-3-4-6-17(16)26-2/h3-11H,1-2H3,(H,24,25)/b14-11+. The Labute approximate surface area is 166 Å². The Morgan fingerprint density at radius 3 is 2.86 bits per heavy atom. The SMILES string of the molecule is COc1ccccc1NC(=O)/C(C#N)=C/c1ccc(Sc2nccc(C)n2)o1. The van der Waals surface area contributed by atoms with Gasteiger partial charge in [0.15, 0.2) is 10.2 Å². The van der Waals surface area contributed by atoms with E-state index < -0.39 is 5.91 Å². The molecule has 3 aromatic rings. The van der Waals surface area contributed by atoms with Crippen LogP contribution >= 0.6 is 11.8 Å². The Hall–Kier alpha value is -3.57. The van der Waals surface area contributed by atoms with E-state index in [1.807, 2.05) is 13.0 Å². The lowest BCUT2D eigenvalue weighted by Gasteiger charge is -2.08. The maximum atomic E-state index is 12.4. The normalized spacial score (nSPS) is 11.0. The minimum Gasteiger partial charge on any atom is -0.495 e. The van der Waals surface area contributed by atoms with Crippen LogP contribution in [0.5, 0.6) is 5.75 Å². The van der Waals surface area contributed by atoms with Crippen LogP contribution < -0.4 is 10.1 Å². The van der Waals surface area contributed by atoms with Crippen LogP contribution in [0.2, 0.25) is 0 Å². The van der Waals surface area contributed by atoms with Crippen LogP contribution in [0.1, 0.15) is 11.5 Å². The molecule has 0 aliphatic rings. The first-order valence-corrected chi connectivity index (χ1v) is 9.04. The monoisotopic (exact) mass is 392 g/mol. The maximum Gasteiger partial charge on any atom is 0.266 e. The first kappa shape index (κ1) is 19.2. The predicted molar refractivity (Wildman–Crippen MR) is 105 cm³/mol. The lowest BCUT2D eigenvalue weighted by Crippen LogP contribution is -2.14. The predicted octanol–water partition coefficient (Wildman–Crippen LogP) is 4.08. The summed E-state index contributed by atoms with van der Waals surface area (Å²) in [4.78, 5) is 20.9. The molecule has 8 heteroatoms. The highest BCUT2D eigenvalue weighted by molar-refractivity contribution is 7.99. The summed E-state index contributed by atoms with van der Waals surface area (Å²) in [7, 11) is 1.51. The number of para-hydroxylation sites is 2. The third-order valence-corrected chi connectivity index (χ3v) is 4.37. The Kier molecular flexibility index (Phi) is 6.09. The molecule has 28 heavy (non-hydrogen) atoms. The fourth-order valence-electron chi connectivity index (χ4n) is 2.26. The number of amides is 1. The van der Waals surface area contributed by atoms with Crippen molar-refractivity contribution in [2.75, 3.05) is 12.4 Å². The zero-order valence-corrected chi connectivity index (χ0v) is 16.0. The van der Waals surface area contributed by atoms with E-state index in [0.29, 0.717) is 27.4 Å². The van der Waals surface area contributed by atoms with E-state index in [0.717, 1.165) is 5.69 Å². The number of nitriles is 1. The summed E-state index contributed by atoms with van der Waals surface area (Å²) in [5.74, 6) is 0.324. The van der Waals surface area contributed by atoms with Gasteiger partial charge in [0.1, 0.15) is 23.2 Å². The van der Waals surface area contributed by atoms with Gasteiger partial charge >= 0.3 is 0 Å². The number of carbonyl (C=O) groups excluding carboxylic acids is 1. The lowest BCUT2D eigenvalue weighted by molar-refractivity contribution is -0.112. The highest BCUT2D eigenvalue weighted by Crippen LogP contribution is 2.28. The number of hydrogen-bond donors (Lipinski definition) is 1. The van der Waals surface area contributed by atoms with Crippen molar-refractivity contribution in [3.63, 3.8) is 0 Å². The minimum absolute atomic E-state index is 0.0939. The Balaban J connectivity index is 1.75. The number of rotatable bonds is 6. The molecular formula is C20H16N4O3S. The molecule has 0 atom stereocenters. The summed E-state index contributed by atoms with van der Waals surface area (Å²) in [6.45, 7) is 1.88. The molecule has 2 heterocycles. The van der Waals surface area contributed by atoms with E-state index in [1.165, 1.54) is 24.9 Å². The van der Waals surface area contributed by atoms with Gasteiger partial charge in [0.2, 0.25) is 0 Å². The maximum absolute atomic E-state index is 12.4. The number of benzene rings is 1. The molecule has 3 rings (SSSR count). The summed E-state index contributed by atoms with van der Waals surface area (Å²) in [6, 6.07) is 14.1. The number of aromatic nitrogens is 2. The summed E-state index contributed by atoms with van der Waals surface area (Å²) in [6.07, 6.45) is 3.05. The molecule has 1 amide bonds. The van der Waals surface area contributed by atoms with E-state index in [4.69, 9.17) is 9.15 Å². The number of anilines is 1. The largest absolute Gasteiger partial charge is 0.495 e. The van der Waals surface area contributed by atoms with Gasteiger partial charge in [-0.15, -0.1) is 0 Å². The highest BCUT2D eigenvalue weighted by atomic mass is 32.2. The second-order valence-electron chi connectivity index (χ2n) is 5.56. The number of aryl methyl sites for hydroxylation is 1. The molecule has 0 aliphatic heterocycles. The molecule has 2 aromatic heterocycles. The van der Waals surface area contributed by atoms with Crippen molar-refractivity contribution in [1.82, 2.24) is 9.97 Å². The molecule has 7 nitrogen and oxygen atoms in total. The molecular weight excluding hydrogens is 376 g/mol. The van der Waals surface area contributed by atoms with Crippen molar-refractivity contribution >= 4 is 29.4 Å². The Morgan fingerprint density at radius 1 is 1.29 bits per heavy atom. The molecule has 0 radical (unpaired) electrons. The van der Waals surface area contributed by atoms with Gasteiger partial charge in [-0.25, -0.2) is 9.97 Å². The molecule has 0 aliphatic carbocycles. The number of carbonyl (C=O) groups is 1. The van der Waals surface area contributed by atoms with E-state index in [-0.39, 0.29) is 5.57 Å². The molecule has 140 valence electrons. The van der Waals surface area contributed by atoms with Gasteiger partial charge in [-0.2, -0.15) is 5.26 Å².